The lowest BCUT2D eigenvalue weighted by atomic mass is 10.6. The van der Waals surface area contributed by atoms with Crippen molar-refractivity contribution >= 4 is 43.2 Å². The fourth-order valence-corrected chi connectivity index (χ4v) is 9.26. The summed E-state index contributed by atoms with van der Waals surface area (Å²) in [5, 5.41) is 0. The molecule has 1 rings (SSSR count). The predicted octanol–water partition coefficient (Wildman–Crippen LogP) is 4.24. The highest BCUT2D eigenvalue weighted by Crippen LogP contribution is 2.55. The Kier molecular flexibility index (Phi) is 4.86. The zero-order valence-corrected chi connectivity index (χ0v) is 9.47. The molecule has 0 N–H and O–H groups in total. The molecule has 1 heterocycles. The number of hydrogen-bond acceptors (Lipinski definition) is 4. The van der Waals surface area contributed by atoms with E-state index in [1.54, 1.807) is 0 Å². The van der Waals surface area contributed by atoms with E-state index >= 15 is 0 Å². The van der Waals surface area contributed by atoms with Gasteiger partial charge in [-0.1, -0.05) is 35.4 Å². The summed E-state index contributed by atoms with van der Waals surface area (Å²) in [4.78, 5) is 0. The first kappa shape index (κ1) is 9.49. The van der Waals surface area contributed by atoms with Crippen LogP contribution in [-0.4, -0.2) is 9.16 Å². The lowest BCUT2D eigenvalue weighted by Gasteiger charge is -2.24. The van der Waals surface area contributed by atoms with Crippen molar-refractivity contribution in [1.29, 1.82) is 0 Å². The van der Waals surface area contributed by atoms with E-state index in [0.717, 1.165) is 9.16 Å². The Morgan fingerprint density at radius 1 is 1.00 bits per heavy atom. The molecule has 1 fully saturated rings. The molecular formula is C6H12S4. The van der Waals surface area contributed by atoms with Crippen molar-refractivity contribution in [3.8, 4) is 0 Å². The summed E-state index contributed by atoms with van der Waals surface area (Å²) in [5.41, 5.74) is 0. The Morgan fingerprint density at radius 2 is 1.50 bits per heavy atom. The zero-order valence-electron chi connectivity index (χ0n) is 6.20. The van der Waals surface area contributed by atoms with Gasteiger partial charge < -0.3 is 0 Å². The molecule has 0 amide bonds. The first-order chi connectivity index (χ1) is 4.86. The highest BCUT2D eigenvalue weighted by molar-refractivity contribution is 9.11. The van der Waals surface area contributed by atoms with Crippen molar-refractivity contribution in [2.75, 3.05) is 0 Å². The normalized spacial score (nSPS) is 34.2. The lowest BCUT2D eigenvalue weighted by molar-refractivity contribution is 1.02. The minimum absolute atomic E-state index is 0.844. The molecule has 0 radical (unpaired) electrons. The standard InChI is InChI=1S/C6H12S4/c1-3-5-7-6(4-2)9-10-8-5/h5-6H,3-4H2,1-2H3. The Balaban J connectivity index is 2.25. The number of hydrogen-bond donors (Lipinski definition) is 0. The number of rotatable bonds is 2. The first-order valence-electron chi connectivity index (χ1n) is 3.51. The zero-order chi connectivity index (χ0) is 7.40. The third kappa shape index (κ3) is 2.80. The topological polar surface area (TPSA) is 0 Å². The van der Waals surface area contributed by atoms with E-state index in [4.69, 9.17) is 0 Å². The maximum absolute atomic E-state index is 2.27. The van der Waals surface area contributed by atoms with Crippen LogP contribution in [0.2, 0.25) is 0 Å². The third-order valence-electron chi connectivity index (χ3n) is 1.26. The van der Waals surface area contributed by atoms with E-state index in [9.17, 15) is 0 Å². The van der Waals surface area contributed by atoms with Crippen molar-refractivity contribution in [2.24, 2.45) is 0 Å². The van der Waals surface area contributed by atoms with Crippen LogP contribution in [0.3, 0.4) is 0 Å². The minimum atomic E-state index is 0.844. The van der Waals surface area contributed by atoms with Crippen molar-refractivity contribution in [3.63, 3.8) is 0 Å². The Labute approximate surface area is 78.9 Å². The van der Waals surface area contributed by atoms with Crippen molar-refractivity contribution in [3.05, 3.63) is 0 Å². The van der Waals surface area contributed by atoms with Crippen LogP contribution in [0.5, 0.6) is 0 Å². The van der Waals surface area contributed by atoms with Gasteiger partial charge >= 0.3 is 0 Å². The average molecular weight is 212 g/mol. The maximum Gasteiger partial charge on any atom is 0.0623 e. The van der Waals surface area contributed by atoms with Gasteiger partial charge in [-0.15, -0.1) is 11.8 Å². The van der Waals surface area contributed by atoms with Crippen LogP contribution in [0.4, 0.5) is 0 Å². The molecule has 60 valence electrons. The van der Waals surface area contributed by atoms with E-state index in [1.165, 1.54) is 12.8 Å². The van der Waals surface area contributed by atoms with Gasteiger partial charge in [-0.05, 0) is 22.7 Å². The van der Waals surface area contributed by atoms with E-state index in [2.05, 4.69) is 25.6 Å². The Hall–Kier alpha value is 1.40. The summed E-state index contributed by atoms with van der Waals surface area (Å²) in [6, 6.07) is 0. The van der Waals surface area contributed by atoms with E-state index < -0.39 is 0 Å². The van der Waals surface area contributed by atoms with E-state index in [0.29, 0.717) is 0 Å². The van der Waals surface area contributed by atoms with Crippen LogP contribution in [0.15, 0.2) is 0 Å². The molecule has 0 aromatic carbocycles. The second kappa shape index (κ2) is 5.12. The largest absolute Gasteiger partial charge is 0.131 e. The monoisotopic (exact) mass is 212 g/mol. The fraction of sp³-hybridized carbons (Fsp3) is 1.00. The molecule has 2 unspecified atom stereocenters. The molecule has 1 saturated heterocycles. The van der Waals surface area contributed by atoms with Gasteiger partial charge in [-0.3, -0.25) is 0 Å². The highest BCUT2D eigenvalue weighted by Gasteiger charge is 2.21. The maximum atomic E-state index is 2.27. The molecule has 0 bridgehead atoms. The molecule has 0 saturated carbocycles. The van der Waals surface area contributed by atoms with Gasteiger partial charge in [0.2, 0.25) is 0 Å². The molecule has 0 aliphatic carbocycles. The second-order valence-corrected chi connectivity index (χ2v) is 8.53. The molecule has 1 aliphatic rings. The molecule has 1 aliphatic heterocycles. The quantitative estimate of drug-likeness (QED) is 0.628. The van der Waals surface area contributed by atoms with Crippen molar-refractivity contribution in [2.45, 2.75) is 35.9 Å². The van der Waals surface area contributed by atoms with Gasteiger partial charge in [0.25, 0.3) is 0 Å². The summed E-state index contributed by atoms with van der Waals surface area (Å²) in [7, 11) is 6.02. The smallest absolute Gasteiger partial charge is 0.0623 e. The summed E-state index contributed by atoms with van der Waals surface area (Å²) in [6.07, 6.45) is 2.61. The van der Waals surface area contributed by atoms with Crippen LogP contribution in [0, 0.1) is 0 Å². The van der Waals surface area contributed by atoms with Gasteiger partial charge in [-0.2, -0.15) is 0 Å². The molecule has 0 aromatic heterocycles. The van der Waals surface area contributed by atoms with Crippen LogP contribution in [0.1, 0.15) is 26.7 Å². The van der Waals surface area contributed by atoms with Gasteiger partial charge in [0, 0.05) is 0 Å². The molecule has 2 atom stereocenters. The van der Waals surface area contributed by atoms with Crippen molar-refractivity contribution in [1.82, 2.24) is 0 Å². The summed E-state index contributed by atoms with van der Waals surface area (Å²) in [5.74, 6) is 0. The molecule has 4 heteroatoms. The Bertz CT molecular complexity index is 85.7. The first-order valence-corrected chi connectivity index (χ1v) is 8.06. The summed E-state index contributed by atoms with van der Waals surface area (Å²) in [6.45, 7) is 4.54. The summed E-state index contributed by atoms with van der Waals surface area (Å²) >= 11 is 2.14. The van der Waals surface area contributed by atoms with Crippen LogP contribution >= 0.6 is 43.2 Å². The fourth-order valence-electron chi connectivity index (χ4n) is 0.653. The molecule has 0 aromatic rings. The highest BCUT2D eigenvalue weighted by atomic mass is 33.5. The third-order valence-corrected chi connectivity index (χ3v) is 9.04. The molecule has 10 heavy (non-hydrogen) atoms. The lowest BCUT2D eigenvalue weighted by Crippen LogP contribution is -2.04. The Morgan fingerprint density at radius 3 is 1.90 bits per heavy atom. The molecular weight excluding hydrogens is 200 g/mol. The van der Waals surface area contributed by atoms with E-state index in [1.807, 2.05) is 31.4 Å². The van der Waals surface area contributed by atoms with Gasteiger partial charge in [0.1, 0.15) is 0 Å². The van der Waals surface area contributed by atoms with E-state index in [-0.39, 0.29) is 0 Å². The molecule has 0 spiro atoms. The van der Waals surface area contributed by atoms with Gasteiger partial charge in [-0.25, -0.2) is 0 Å². The van der Waals surface area contributed by atoms with Crippen molar-refractivity contribution < 1.29 is 0 Å². The number of thioether (sulfide) groups is 1. The molecule has 0 nitrogen and oxygen atoms in total. The second-order valence-electron chi connectivity index (χ2n) is 2.07. The van der Waals surface area contributed by atoms with Gasteiger partial charge in [0.15, 0.2) is 0 Å². The van der Waals surface area contributed by atoms with Crippen LogP contribution in [0.25, 0.3) is 0 Å². The minimum Gasteiger partial charge on any atom is -0.131 e. The van der Waals surface area contributed by atoms with Crippen LogP contribution in [-0.2, 0) is 0 Å². The average Bonchev–Trinajstić information content (AvgIpc) is 2.05. The van der Waals surface area contributed by atoms with Crippen LogP contribution < -0.4 is 0 Å². The summed E-state index contributed by atoms with van der Waals surface area (Å²) < 4.78 is 1.69. The predicted molar refractivity (Wildman–Crippen MR) is 58.5 cm³/mol. The SMILES string of the molecule is CCC1SSSC(CC)S1. The van der Waals surface area contributed by atoms with Gasteiger partial charge in [0.05, 0.1) is 9.16 Å².